The van der Waals surface area contributed by atoms with Gasteiger partial charge in [0, 0.05) is 17.1 Å². The first-order chi connectivity index (χ1) is 9.18. The third-order valence-electron chi connectivity index (χ3n) is 2.60. The summed E-state index contributed by atoms with van der Waals surface area (Å²) in [6.07, 6.45) is -0.365. The third kappa shape index (κ3) is 2.60. The molecule has 0 aliphatic heterocycles. The quantitative estimate of drug-likeness (QED) is 0.546. The summed E-state index contributed by atoms with van der Waals surface area (Å²) in [5.41, 5.74) is -0.205. The Balaban J connectivity index is 2.74. The van der Waals surface area contributed by atoms with Crippen LogP contribution in [0.25, 0.3) is 10.9 Å². The number of nitrogens with zero attached hydrogens (tertiary/aromatic N) is 1. The van der Waals surface area contributed by atoms with E-state index >= 15 is 0 Å². The van der Waals surface area contributed by atoms with E-state index in [4.69, 9.17) is 10.2 Å². The normalized spacial score (nSPS) is 11.7. The van der Waals surface area contributed by atoms with Crippen molar-refractivity contribution in [3.63, 3.8) is 0 Å². The van der Waals surface area contributed by atoms with E-state index in [1.165, 1.54) is 6.07 Å². The van der Waals surface area contributed by atoms with Gasteiger partial charge in [-0.15, -0.1) is 0 Å². The molecule has 0 fully saturated rings. The number of rotatable bonds is 4. The zero-order valence-electron chi connectivity index (χ0n) is 9.86. The third-order valence-corrected chi connectivity index (χ3v) is 3.50. The number of fused-ring (bicyclic) bond motifs is 1. The second kappa shape index (κ2) is 4.58. The first kappa shape index (κ1) is 14.0. The van der Waals surface area contributed by atoms with Crippen molar-refractivity contribution in [3.05, 3.63) is 34.0 Å². The Hall–Kier alpha value is -2.46. The number of aromatic amines is 1. The van der Waals surface area contributed by atoms with E-state index in [2.05, 4.69) is 4.98 Å². The van der Waals surface area contributed by atoms with Gasteiger partial charge in [-0.1, -0.05) is 0 Å². The van der Waals surface area contributed by atoms with E-state index in [1.54, 1.807) is 0 Å². The summed E-state index contributed by atoms with van der Waals surface area (Å²) in [5, 5.41) is 24.8. The van der Waals surface area contributed by atoms with Gasteiger partial charge in [-0.2, -0.15) is 0 Å². The number of aliphatic carboxylic acids is 1. The second-order valence-electron chi connectivity index (χ2n) is 4.07. The van der Waals surface area contributed by atoms with Gasteiger partial charge in [0.15, 0.2) is 0 Å². The van der Waals surface area contributed by atoms with Crippen LogP contribution in [-0.4, -0.2) is 29.4 Å². The number of aromatic nitrogens is 1. The Morgan fingerprint density at radius 2 is 2.05 bits per heavy atom. The second-order valence-corrected chi connectivity index (χ2v) is 5.64. The summed E-state index contributed by atoms with van der Waals surface area (Å²) >= 11 is 0. The fourth-order valence-electron chi connectivity index (χ4n) is 1.82. The summed E-state index contributed by atoms with van der Waals surface area (Å²) in [7, 11) is -4.10. The van der Waals surface area contributed by atoms with Gasteiger partial charge in [0.2, 0.25) is 10.0 Å². The van der Waals surface area contributed by atoms with Crippen LogP contribution >= 0.6 is 0 Å². The van der Waals surface area contributed by atoms with Gasteiger partial charge in [-0.05, 0) is 12.1 Å². The standard InChI is InChI=1S/C10H9N3O6S/c11-20(18,19)7-2-5-1-6(3-9(14)15)12-10(5)8(4-7)13(16)17/h1-2,4,12H,3H2,(H,14,15)(H2,11,18,19). The van der Waals surface area contributed by atoms with Crippen LogP contribution in [0.1, 0.15) is 5.69 Å². The molecule has 2 aromatic rings. The lowest BCUT2D eigenvalue weighted by atomic mass is 10.2. The molecule has 0 unspecified atom stereocenters. The molecule has 20 heavy (non-hydrogen) atoms. The van der Waals surface area contributed by atoms with Crippen molar-refractivity contribution in [2.24, 2.45) is 5.14 Å². The largest absolute Gasteiger partial charge is 0.481 e. The van der Waals surface area contributed by atoms with Crippen LogP contribution < -0.4 is 5.14 Å². The first-order valence-electron chi connectivity index (χ1n) is 5.23. The minimum absolute atomic E-state index is 0.0543. The molecule has 0 saturated heterocycles. The minimum atomic E-state index is -4.10. The highest BCUT2D eigenvalue weighted by Crippen LogP contribution is 2.29. The lowest BCUT2D eigenvalue weighted by Crippen LogP contribution is -2.12. The van der Waals surface area contributed by atoms with Gasteiger partial charge >= 0.3 is 5.97 Å². The molecule has 0 aliphatic carbocycles. The van der Waals surface area contributed by atoms with Crippen molar-refractivity contribution in [3.8, 4) is 0 Å². The average molecular weight is 299 g/mol. The summed E-state index contributed by atoms with van der Waals surface area (Å²) in [5.74, 6) is -1.12. The highest BCUT2D eigenvalue weighted by atomic mass is 32.2. The smallest absolute Gasteiger partial charge is 0.309 e. The molecule has 0 spiro atoms. The maximum Gasteiger partial charge on any atom is 0.309 e. The van der Waals surface area contributed by atoms with Crippen molar-refractivity contribution in [2.75, 3.05) is 0 Å². The molecule has 9 nitrogen and oxygen atoms in total. The molecule has 0 amide bonds. The number of H-pyrrole nitrogens is 1. The molecule has 0 atom stereocenters. The summed E-state index contributed by atoms with van der Waals surface area (Å²) in [6.45, 7) is 0. The van der Waals surface area contributed by atoms with E-state index in [-0.39, 0.29) is 23.0 Å². The number of carboxylic acid groups (broad SMARTS) is 1. The number of carboxylic acids is 1. The van der Waals surface area contributed by atoms with Crippen LogP contribution in [0.2, 0.25) is 0 Å². The molecule has 0 saturated carbocycles. The zero-order valence-corrected chi connectivity index (χ0v) is 10.7. The number of non-ortho nitro benzene ring substituents is 1. The molecule has 0 aliphatic rings. The first-order valence-corrected chi connectivity index (χ1v) is 6.78. The fraction of sp³-hybridized carbons (Fsp3) is 0.100. The lowest BCUT2D eigenvalue weighted by Gasteiger charge is -1.99. The molecule has 0 radical (unpaired) electrons. The zero-order chi connectivity index (χ0) is 15.1. The number of hydrogen-bond acceptors (Lipinski definition) is 5. The Bertz CT molecular complexity index is 823. The molecule has 1 aromatic carbocycles. The topological polar surface area (TPSA) is 156 Å². The Kier molecular flexibility index (Phi) is 3.19. The monoisotopic (exact) mass is 299 g/mol. The van der Waals surface area contributed by atoms with Crippen molar-refractivity contribution in [1.29, 1.82) is 0 Å². The SMILES string of the molecule is NS(=O)(=O)c1cc([N+](=O)[O-])c2[nH]c(CC(=O)O)cc2c1. The van der Waals surface area contributed by atoms with Gasteiger partial charge in [0.05, 0.1) is 16.2 Å². The van der Waals surface area contributed by atoms with Crippen LogP contribution in [0.15, 0.2) is 23.1 Å². The molecule has 0 bridgehead atoms. The van der Waals surface area contributed by atoms with E-state index < -0.39 is 31.5 Å². The maximum absolute atomic E-state index is 11.3. The molecular formula is C10H9N3O6S. The van der Waals surface area contributed by atoms with Crippen LogP contribution in [0, 0.1) is 10.1 Å². The van der Waals surface area contributed by atoms with Crippen LogP contribution in [0.5, 0.6) is 0 Å². The van der Waals surface area contributed by atoms with Crippen molar-refractivity contribution >= 4 is 32.6 Å². The molecule has 4 N–H and O–H groups in total. The van der Waals surface area contributed by atoms with E-state index in [9.17, 15) is 23.3 Å². The number of nitro benzene ring substituents is 1. The highest BCUT2D eigenvalue weighted by molar-refractivity contribution is 7.89. The number of primary sulfonamides is 1. The van der Waals surface area contributed by atoms with Crippen molar-refractivity contribution in [2.45, 2.75) is 11.3 Å². The summed E-state index contributed by atoms with van der Waals surface area (Å²) in [6, 6.07) is 3.32. The highest BCUT2D eigenvalue weighted by Gasteiger charge is 2.21. The van der Waals surface area contributed by atoms with Crippen LogP contribution in [0.3, 0.4) is 0 Å². The van der Waals surface area contributed by atoms with E-state index in [0.717, 1.165) is 12.1 Å². The van der Waals surface area contributed by atoms with Gasteiger partial charge in [-0.25, -0.2) is 13.6 Å². The van der Waals surface area contributed by atoms with Gasteiger partial charge in [0.1, 0.15) is 5.52 Å². The Morgan fingerprint density at radius 1 is 1.40 bits per heavy atom. The average Bonchev–Trinajstić information content (AvgIpc) is 2.66. The number of nitro groups is 1. The Morgan fingerprint density at radius 3 is 2.55 bits per heavy atom. The van der Waals surface area contributed by atoms with E-state index in [0.29, 0.717) is 0 Å². The molecular weight excluding hydrogens is 290 g/mol. The number of nitrogens with two attached hydrogens (primary N) is 1. The molecule has 10 heteroatoms. The lowest BCUT2D eigenvalue weighted by molar-refractivity contribution is -0.383. The van der Waals surface area contributed by atoms with Crippen molar-refractivity contribution in [1.82, 2.24) is 4.98 Å². The minimum Gasteiger partial charge on any atom is -0.481 e. The van der Waals surface area contributed by atoms with Gasteiger partial charge in [0.25, 0.3) is 5.69 Å². The number of sulfonamides is 1. The van der Waals surface area contributed by atoms with Gasteiger partial charge < -0.3 is 10.1 Å². The van der Waals surface area contributed by atoms with Gasteiger partial charge in [-0.3, -0.25) is 14.9 Å². The fourth-order valence-corrected chi connectivity index (χ4v) is 2.39. The summed E-state index contributed by atoms with van der Waals surface area (Å²) < 4.78 is 22.6. The maximum atomic E-state index is 11.3. The summed E-state index contributed by atoms with van der Waals surface area (Å²) in [4.78, 5) is 23.0. The predicted octanol–water partition coefficient (Wildman–Crippen LogP) is 0.351. The van der Waals surface area contributed by atoms with Crippen LogP contribution in [0.4, 0.5) is 5.69 Å². The van der Waals surface area contributed by atoms with E-state index in [1.807, 2.05) is 0 Å². The number of benzene rings is 1. The molecule has 2 rings (SSSR count). The number of hydrogen-bond donors (Lipinski definition) is 3. The molecule has 106 valence electrons. The molecule has 1 heterocycles. The van der Waals surface area contributed by atoms with Crippen LogP contribution in [-0.2, 0) is 21.2 Å². The number of nitrogens with one attached hydrogen (secondary N) is 1. The van der Waals surface area contributed by atoms with Crippen molar-refractivity contribution < 1.29 is 23.2 Å². The number of carbonyl (C=O) groups is 1. The molecule has 1 aromatic heterocycles. The Labute approximate surface area is 112 Å². The predicted molar refractivity (Wildman–Crippen MR) is 67.7 cm³/mol.